The van der Waals surface area contributed by atoms with Crippen molar-refractivity contribution >= 4 is 45.4 Å². The first-order valence-electron chi connectivity index (χ1n) is 7.05. The van der Waals surface area contributed by atoms with E-state index >= 15 is 0 Å². The number of benzene rings is 3. The summed E-state index contributed by atoms with van der Waals surface area (Å²) in [4.78, 5) is 12.4. The van der Waals surface area contributed by atoms with Crippen LogP contribution >= 0.6 is 23.2 Å². The molecular formula is C19H13Cl2NO. The maximum atomic E-state index is 12.4. The van der Waals surface area contributed by atoms with Gasteiger partial charge >= 0.3 is 0 Å². The van der Waals surface area contributed by atoms with Crippen molar-refractivity contribution in [2.24, 2.45) is 0 Å². The van der Waals surface area contributed by atoms with Crippen molar-refractivity contribution in [3.8, 4) is 0 Å². The molecule has 0 heterocycles. The van der Waals surface area contributed by atoms with Crippen LogP contribution in [0, 0.1) is 0 Å². The maximum Gasteiger partial charge on any atom is 0.187 e. The Morgan fingerprint density at radius 3 is 2.57 bits per heavy atom. The second-order valence-electron chi connectivity index (χ2n) is 4.99. The molecule has 0 aliphatic heterocycles. The number of carbonyl (C=O) groups is 1. The highest BCUT2D eigenvalue weighted by atomic mass is 35.5. The smallest absolute Gasteiger partial charge is 0.187 e. The average Bonchev–Trinajstić information content (AvgIpc) is 2.56. The molecule has 3 aromatic rings. The third-order valence-electron chi connectivity index (χ3n) is 3.46. The molecule has 2 nitrogen and oxygen atoms in total. The topological polar surface area (TPSA) is 29.1 Å². The number of anilines is 1. The number of hydrogen-bond acceptors (Lipinski definition) is 2. The fourth-order valence-electron chi connectivity index (χ4n) is 2.34. The van der Waals surface area contributed by atoms with Gasteiger partial charge in [0.15, 0.2) is 5.78 Å². The highest BCUT2D eigenvalue weighted by Crippen LogP contribution is 2.25. The van der Waals surface area contributed by atoms with E-state index in [4.69, 9.17) is 23.2 Å². The highest BCUT2D eigenvalue weighted by Gasteiger charge is 2.06. The molecule has 114 valence electrons. The predicted octanol–water partition coefficient (Wildman–Crippen LogP) is 5.96. The standard InChI is InChI=1S/C19H13Cl2NO/c20-14-8-9-18(17(21)12-14)22-11-10-19(23)16-7-3-5-13-4-1-2-6-15(13)16/h1-12,22H/b11-10-. The first kappa shape index (κ1) is 15.6. The van der Waals surface area contributed by atoms with Crippen LogP contribution in [0.5, 0.6) is 0 Å². The van der Waals surface area contributed by atoms with E-state index in [1.165, 1.54) is 6.08 Å². The molecule has 0 bridgehead atoms. The van der Waals surface area contributed by atoms with Crippen LogP contribution in [0.2, 0.25) is 10.0 Å². The van der Waals surface area contributed by atoms with Gasteiger partial charge in [0.25, 0.3) is 0 Å². The van der Waals surface area contributed by atoms with Gasteiger partial charge in [-0.05, 0) is 29.0 Å². The number of allylic oxidation sites excluding steroid dienone is 1. The van der Waals surface area contributed by atoms with Crippen molar-refractivity contribution in [2.45, 2.75) is 0 Å². The molecule has 0 aromatic heterocycles. The SMILES string of the molecule is O=C(/C=C\Nc1ccc(Cl)cc1Cl)c1cccc2ccccc12. The molecule has 0 amide bonds. The molecule has 0 fully saturated rings. The molecular weight excluding hydrogens is 329 g/mol. The quantitative estimate of drug-likeness (QED) is 0.468. The van der Waals surface area contributed by atoms with Gasteiger partial charge in [0.05, 0.1) is 10.7 Å². The van der Waals surface area contributed by atoms with E-state index in [0.29, 0.717) is 21.3 Å². The van der Waals surface area contributed by atoms with Gasteiger partial charge in [-0.15, -0.1) is 0 Å². The van der Waals surface area contributed by atoms with Gasteiger partial charge in [-0.25, -0.2) is 0 Å². The summed E-state index contributed by atoms with van der Waals surface area (Å²) in [6.45, 7) is 0. The number of hydrogen-bond donors (Lipinski definition) is 1. The molecule has 0 radical (unpaired) electrons. The lowest BCUT2D eigenvalue weighted by atomic mass is 10.0. The number of fused-ring (bicyclic) bond motifs is 1. The zero-order valence-electron chi connectivity index (χ0n) is 12.1. The number of nitrogens with one attached hydrogen (secondary N) is 1. The van der Waals surface area contributed by atoms with Crippen LogP contribution < -0.4 is 5.32 Å². The average molecular weight is 342 g/mol. The minimum absolute atomic E-state index is 0.0700. The largest absolute Gasteiger partial charge is 0.360 e. The Morgan fingerprint density at radius 2 is 1.74 bits per heavy atom. The van der Waals surface area contributed by atoms with Crippen LogP contribution in [0.3, 0.4) is 0 Å². The van der Waals surface area contributed by atoms with Gasteiger partial charge in [0.2, 0.25) is 0 Å². The van der Waals surface area contributed by atoms with E-state index in [0.717, 1.165) is 10.8 Å². The summed E-state index contributed by atoms with van der Waals surface area (Å²) < 4.78 is 0. The Bertz CT molecular complexity index is 898. The van der Waals surface area contributed by atoms with E-state index in [9.17, 15) is 4.79 Å². The molecule has 3 aromatic carbocycles. The zero-order valence-corrected chi connectivity index (χ0v) is 13.6. The Morgan fingerprint density at radius 1 is 0.957 bits per heavy atom. The van der Waals surface area contributed by atoms with Gasteiger partial charge in [0, 0.05) is 22.9 Å². The van der Waals surface area contributed by atoms with E-state index in [2.05, 4.69) is 5.32 Å². The summed E-state index contributed by atoms with van der Waals surface area (Å²) in [5, 5.41) is 6.04. The molecule has 1 N–H and O–H groups in total. The van der Waals surface area contributed by atoms with Gasteiger partial charge in [-0.3, -0.25) is 4.79 Å². The van der Waals surface area contributed by atoms with Crippen molar-refractivity contribution in [3.05, 3.63) is 88.5 Å². The molecule has 0 unspecified atom stereocenters. The van der Waals surface area contributed by atoms with E-state index in [-0.39, 0.29) is 5.78 Å². The van der Waals surface area contributed by atoms with Crippen LogP contribution in [-0.4, -0.2) is 5.78 Å². The van der Waals surface area contributed by atoms with E-state index in [1.807, 2.05) is 42.5 Å². The van der Waals surface area contributed by atoms with Gasteiger partial charge < -0.3 is 5.32 Å². The van der Waals surface area contributed by atoms with Crippen LogP contribution in [0.15, 0.2) is 72.9 Å². The predicted molar refractivity (Wildman–Crippen MR) is 97.5 cm³/mol. The lowest BCUT2D eigenvalue weighted by molar-refractivity contribution is 0.104. The van der Waals surface area contributed by atoms with Crippen molar-refractivity contribution < 1.29 is 4.79 Å². The first-order chi connectivity index (χ1) is 11.1. The lowest BCUT2D eigenvalue weighted by Crippen LogP contribution is -1.97. The molecule has 0 saturated carbocycles. The zero-order chi connectivity index (χ0) is 16.2. The van der Waals surface area contributed by atoms with E-state index in [1.54, 1.807) is 24.4 Å². The van der Waals surface area contributed by atoms with Crippen molar-refractivity contribution in [1.29, 1.82) is 0 Å². The van der Waals surface area contributed by atoms with E-state index < -0.39 is 0 Å². The van der Waals surface area contributed by atoms with Gasteiger partial charge in [-0.1, -0.05) is 65.7 Å². The van der Waals surface area contributed by atoms with Gasteiger partial charge in [-0.2, -0.15) is 0 Å². The summed E-state index contributed by atoms with van der Waals surface area (Å²) in [6.07, 6.45) is 3.08. The highest BCUT2D eigenvalue weighted by molar-refractivity contribution is 6.36. The Kier molecular flexibility index (Phi) is 4.65. The fraction of sp³-hybridized carbons (Fsp3) is 0. The number of carbonyl (C=O) groups excluding carboxylic acids is 1. The molecule has 0 aliphatic carbocycles. The van der Waals surface area contributed by atoms with Crippen molar-refractivity contribution in [1.82, 2.24) is 0 Å². The Hall–Kier alpha value is -2.29. The summed E-state index contributed by atoms with van der Waals surface area (Å²) in [7, 11) is 0. The van der Waals surface area contributed by atoms with Crippen LogP contribution in [-0.2, 0) is 0 Å². The lowest BCUT2D eigenvalue weighted by Gasteiger charge is -2.05. The molecule has 0 aliphatic rings. The van der Waals surface area contributed by atoms with Crippen molar-refractivity contribution in [3.63, 3.8) is 0 Å². The van der Waals surface area contributed by atoms with Crippen LogP contribution in [0.25, 0.3) is 10.8 Å². The van der Waals surface area contributed by atoms with Crippen LogP contribution in [0.4, 0.5) is 5.69 Å². The Balaban J connectivity index is 1.80. The summed E-state index contributed by atoms with van der Waals surface area (Å²) >= 11 is 11.9. The maximum absolute atomic E-state index is 12.4. The summed E-state index contributed by atoms with van der Waals surface area (Å²) in [6, 6.07) is 18.6. The number of ketones is 1. The summed E-state index contributed by atoms with van der Waals surface area (Å²) in [5.41, 5.74) is 1.36. The van der Waals surface area contributed by atoms with Crippen LogP contribution in [0.1, 0.15) is 10.4 Å². The number of rotatable bonds is 4. The first-order valence-corrected chi connectivity index (χ1v) is 7.81. The number of halogens is 2. The third kappa shape index (κ3) is 3.55. The Labute approximate surface area is 144 Å². The molecule has 23 heavy (non-hydrogen) atoms. The minimum Gasteiger partial charge on any atom is -0.360 e. The minimum atomic E-state index is -0.0700. The second kappa shape index (κ2) is 6.86. The molecule has 4 heteroatoms. The van der Waals surface area contributed by atoms with Crippen molar-refractivity contribution in [2.75, 3.05) is 5.32 Å². The molecule has 3 rings (SSSR count). The molecule has 0 saturated heterocycles. The fourth-order valence-corrected chi connectivity index (χ4v) is 2.81. The molecule has 0 atom stereocenters. The summed E-state index contributed by atoms with van der Waals surface area (Å²) in [5.74, 6) is -0.0700. The monoisotopic (exact) mass is 341 g/mol. The third-order valence-corrected chi connectivity index (χ3v) is 4.01. The van der Waals surface area contributed by atoms with Gasteiger partial charge in [0.1, 0.15) is 0 Å². The normalized spacial score (nSPS) is 11.0. The second-order valence-corrected chi connectivity index (χ2v) is 5.84. The molecule has 0 spiro atoms.